The molecule has 5 N–H and O–H groups in total. The molecule has 1 aromatic heterocycles. The predicted molar refractivity (Wildman–Crippen MR) is 149 cm³/mol. The van der Waals surface area contributed by atoms with E-state index in [1.807, 2.05) is 0 Å². The van der Waals surface area contributed by atoms with Crippen LogP contribution in [0.3, 0.4) is 0 Å². The van der Waals surface area contributed by atoms with E-state index in [0.717, 1.165) is 81.2 Å². The molecule has 1 saturated heterocycles. The van der Waals surface area contributed by atoms with Crippen LogP contribution in [0.1, 0.15) is 76.5 Å². The van der Waals surface area contributed by atoms with Crippen LogP contribution in [0, 0.1) is 5.92 Å². The van der Waals surface area contributed by atoms with Crippen LogP contribution in [0.25, 0.3) is 0 Å². The Morgan fingerprint density at radius 1 is 1.16 bits per heavy atom. The van der Waals surface area contributed by atoms with E-state index in [-0.39, 0.29) is 0 Å². The Labute approximate surface area is 221 Å². The van der Waals surface area contributed by atoms with E-state index >= 15 is 0 Å². The average molecular weight is 512 g/mol. The van der Waals surface area contributed by atoms with E-state index in [9.17, 15) is 9.90 Å². The summed E-state index contributed by atoms with van der Waals surface area (Å²) in [5, 5.41) is 23.3. The Balaban J connectivity index is 1.36. The van der Waals surface area contributed by atoms with E-state index < -0.39 is 12.0 Å². The summed E-state index contributed by atoms with van der Waals surface area (Å²) in [6.45, 7) is 10.9. The van der Waals surface area contributed by atoms with Crippen molar-refractivity contribution in [2.75, 3.05) is 44.7 Å². The number of carboxylic acids is 1. The first-order valence-corrected chi connectivity index (χ1v) is 14.2. The fourth-order valence-electron chi connectivity index (χ4n) is 5.61. The van der Waals surface area contributed by atoms with E-state index in [1.54, 1.807) is 0 Å². The lowest BCUT2D eigenvalue weighted by Gasteiger charge is -2.38. The van der Waals surface area contributed by atoms with E-state index in [2.05, 4.69) is 64.1 Å². The third kappa shape index (κ3) is 6.74. The Hall–Kier alpha value is -2.81. The topological polar surface area (TPSA) is 114 Å². The van der Waals surface area contributed by atoms with Crippen LogP contribution in [0.5, 0.6) is 0 Å². The first-order chi connectivity index (χ1) is 18.0. The lowest BCUT2D eigenvalue weighted by Crippen LogP contribution is -2.49. The van der Waals surface area contributed by atoms with Gasteiger partial charge >= 0.3 is 5.97 Å². The minimum atomic E-state index is -0.830. The Morgan fingerprint density at radius 2 is 1.95 bits per heavy atom. The molecule has 3 aliphatic rings. The number of likely N-dealkylation sites (tertiary alicyclic amines) is 1. The van der Waals surface area contributed by atoms with Crippen LogP contribution in [-0.4, -0.2) is 72.2 Å². The standard InChI is InChI=1S/C28H45N7O2/c1-4-19(5-2)16-30-24(28(36)37)17-31-26-22(6-3)27(33-18-32-26)35-14-11-20(12-15-35)23-10-9-21-8-7-13-29-25(21)34-23/h9-10,19-20,24,30,33H,4-8,11-18H2,1-3H3,(H,29,34)(H,31,32)(H,36,37)/t24-/m0/s1. The Bertz CT molecular complexity index is 981. The quantitative estimate of drug-likeness (QED) is 0.308. The van der Waals surface area contributed by atoms with Crippen molar-refractivity contribution in [2.24, 2.45) is 10.9 Å². The molecule has 0 radical (unpaired) electrons. The van der Waals surface area contributed by atoms with Crippen molar-refractivity contribution in [3.63, 3.8) is 0 Å². The van der Waals surface area contributed by atoms with Gasteiger partial charge in [0.15, 0.2) is 0 Å². The average Bonchev–Trinajstić information content (AvgIpc) is 2.94. The molecule has 1 aromatic rings. The first-order valence-electron chi connectivity index (χ1n) is 14.2. The zero-order valence-corrected chi connectivity index (χ0v) is 22.8. The van der Waals surface area contributed by atoms with Gasteiger partial charge in [-0.15, -0.1) is 0 Å². The number of piperidine rings is 1. The van der Waals surface area contributed by atoms with E-state index in [0.29, 0.717) is 31.6 Å². The summed E-state index contributed by atoms with van der Waals surface area (Å²) in [7, 11) is 0. The number of rotatable bonds is 11. The van der Waals surface area contributed by atoms with Gasteiger partial charge in [0.25, 0.3) is 0 Å². The highest BCUT2D eigenvalue weighted by Gasteiger charge is 2.28. The number of aromatic nitrogens is 1. The third-order valence-corrected chi connectivity index (χ3v) is 8.13. The largest absolute Gasteiger partial charge is 0.480 e. The number of aliphatic imine (C=N–C) groups is 1. The van der Waals surface area contributed by atoms with Gasteiger partial charge < -0.3 is 31.3 Å². The third-order valence-electron chi connectivity index (χ3n) is 8.13. The van der Waals surface area contributed by atoms with Gasteiger partial charge in [-0.25, -0.2) is 9.98 Å². The normalized spacial score (nSPS) is 19.1. The predicted octanol–water partition coefficient (Wildman–Crippen LogP) is 3.27. The molecule has 9 heteroatoms. The number of nitrogens with one attached hydrogen (secondary N) is 4. The van der Waals surface area contributed by atoms with Gasteiger partial charge in [0, 0.05) is 43.4 Å². The van der Waals surface area contributed by atoms with Crippen molar-refractivity contribution in [3.8, 4) is 0 Å². The highest BCUT2D eigenvalue weighted by Crippen LogP contribution is 2.31. The van der Waals surface area contributed by atoms with Gasteiger partial charge in [-0.1, -0.05) is 39.7 Å². The molecule has 204 valence electrons. The van der Waals surface area contributed by atoms with Crippen LogP contribution in [0.2, 0.25) is 0 Å². The number of aryl methyl sites for hydroxylation is 1. The molecule has 0 amide bonds. The van der Waals surface area contributed by atoms with Crippen molar-refractivity contribution >= 4 is 17.6 Å². The summed E-state index contributed by atoms with van der Waals surface area (Å²) in [6.07, 6.45) is 7.34. The maximum atomic E-state index is 11.9. The van der Waals surface area contributed by atoms with Crippen LogP contribution < -0.4 is 21.3 Å². The van der Waals surface area contributed by atoms with Crippen molar-refractivity contribution in [2.45, 2.75) is 77.7 Å². The molecular weight excluding hydrogens is 466 g/mol. The molecule has 1 fully saturated rings. The maximum absolute atomic E-state index is 11.9. The molecular formula is C28H45N7O2. The Kier molecular flexibility index (Phi) is 9.66. The molecule has 4 rings (SSSR count). The summed E-state index contributed by atoms with van der Waals surface area (Å²) < 4.78 is 0. The number of pyridine rings is 1. The molecule has 0 aliphatic carbocycles. The van der Waals surface area contributed by atoms with Crippen molar-refractivity contribution in [1.29, 1.82) is 0 Å². The fourth-order valence-corrected chi connectivity index (χ4v) is 5.61. The number of nitrogens with zero attached hydrogens (tertiary/aromatic N) is 3. The molecule has 37 heavy (non-hydrogen) atoms. The van der Waals surface area contributed by atoms with Crippen molar-refractivity contribution in [3.05, 3.63) is 34.8 Å². The number of amidine groups is 1. The number of fused-ring (bicyclic) bond motifs is 1. The van der Waals surface area contributed by atoms with Crippen molar-refractivity contribution < 1.29 is 9.90 Å². The first kappa shape index (κ1) is 27.2. The van der Waals surface area contributed by atoms with Gasteiger partial charge in [0.05, 0.1) is 0 Å². The number of hydrogen-bond acceptors (Lipinski definition) is 8. The molecule has 1 atom stereocenters. The molecule has 4 heterocycles. The van der Waals surface area contributed by atoms with Crippen molar-refractivity contribution in [1.82, 2.24) is 25.8 Å². The summed E-state index contributed by atoms with van der Waals surface area (Å²) in [6, 6.07) is 3.84. The Morgan fingerprint density at radius 3 is 2.65 bits per heavy atom. The molecule has 0 saturated carbocycles. The number of carbonyl (C=O) groups is 1. The minimum Gasteiger partial charge on any atom is -0.480 e. The second-order valence-corrected chi connectivity index (χ2v) is 10.4. The smallest absolute Gasteiger partial charge is 0.322 e. The zero-order valence-electron chi connectivity index (χ0n) is 22.8. The van der Waals surface area contributed by atoms with Gasteiger partial charge in [0.1, 0.15) is 30.2 Å². The van der Waals surface area contributed by atoms with Crippen LogP contribution in [-0.2, 0) is 11.2 Å². The summed E-state index contributed by atoms with van der Waals surface area (Å²) in [5.41, 5.74) is 3.68. The summed E-state index contributed by atoms with van der Waals surface area (Å²) in [5.74, 6) is 3.17. The molecule has 9 nitrogen and oxygen atoms in total. The van der Waals surface area contributed by atoms with Crippen LogP contribution in [0.15, 0.2) is 28.5 Å². The van der Waals surface area contributed by atoms with Gasteiger partial charge in [-0.05, 0) is 56.2 Å². The second-order valence-electron chi connectivity index (χ2n) is 10.4. The molecule has 0 aromatic carbocycles. The van der Waals surface area contributed by atoms with E-state index in [1.165, 1.54) is 17.7 Å². The van der Waals surface area contributed by atoms with Crippen LogP contribution in [0.4, 0.5) is 5.82 Å². The highest BCUT2D eigenvalue weighted by molar-refractivity contribution is 5.99. The maximum Gasteiger partial charge on any atom is 0.322 e. The van der Waals surface area contributed by atoms with Gasteiger partial charge in [0.2, 0.25) is 0 Å². The second kappa shape index (κ2) is 13.1. The minimum absolute atomic E-state index is 0.311. The van der Waals surface area contributed by atoms with Crippen LogP contribution >= 0.6 is 0 Å². The molecule has 3 aliphatic heterocycles. The molecule has 0 bridgehead atoms. The lowest BCUT2D eigenvalue weighted by molar-refractivity contribution is -0.139. The summed E-state index contributed by atoms with van der Waals surface area (Å²) >= 11 is 0. The monoisotopic (exact) mass is 511 g/mol. The van der Waals surface area contributed by atoms with Gasteiger partial charge in [-0.2, -0.15) is 0 Å². The molecule has 0 spiro atoms. The number of aliphatic carboxylic acids is 1. The highest BCUT2D eigenvalue weighted by atomic mass is 16.4. The van der Waals surface area contributed by atoms with E-state index in [4.69, 9.17) is 4.98 Å². The number of carboxylic acid groups (broad SMARTS) is 1. The fraction of sp³-hybridized carbons (Fsp3) is 0.679. The molecule has 0 unspecified atom stereocenters. The number of hydrogen-bond donors (Lipinski definition) is 5. The lowest BCUT2D eigenvalue weighted by atomic mass is 9.92. The zero-order chi connectivity index (χ0) is 26.2. The summed E-state index contributed by atoms with van der Waals surface area (Å²) in [4.78, 5) is 23.9. The SMILES string of the molecule is CCC1=C(N2CCC(c3ccc4c(n3)NCCC4)CC2)NCN=C1NC[C@H](NCC(CC)CC)C(=O)O. The number of anilines is 1. The van der Waals surface area contributed by atoms with Gasteiger partial charge in [-0.3, -0.25) is 4.79 Å².